The Balaban J connectivity index is 2.71. The minimum atomic E-state index is -0.0154. The van der Waals surface area contributed by atoms with Crippen molar-refractivity contribution in [2.75, 3.05) is 6.54 Å². The molecule has 1 rings (SSSR count). The number of benzene rings is 1. The maximum absolute atomic E-state index is 12.0. The third-order valence-corrected chi connectivity index (χ3v) is 3.71. The van der Waals surface area contributed by atoms with Gasteiger partial charge in [0.05, 0.1) is 5.56 Å². The Bertz CT molecular complexity index is 413. The summed E-state index contributed by atoms with van der Waals surface area (Å²) in [6.07, 6.45) is 1.04. The molecular formula is C14H20BrNO. The first kappa shape index (κ1) is 14.2. The van der Waals surface area contributed by atoms with Crippen LogP contribution in [0, 0.1) is 12.3 Å². The molecule has 0 unspecified atom stereocenters. The summed E-state index contributed by atoms with van der Waals surface area (Å²) in [6, 6.07) is 5.76. The quantitative estimate of drug-likeness (QED) is 0.896. The lowest BCUT2D eigenvalue weighted by Gasteiger charge is -2.23. The molecular weight excluding hydrogens is 278 g/mol. The Morgan fingerprint density at radius 3 is 2.59 bits per heavy atom. The summed E-state index contributed by atoms with van der Waals surface area (Å²) >= 11 is 3.42. The third kappa shape index (κ3) is 4.15. The molecule has 0 fully saturated rings. The minimum Gasteiger partial charge on any atom is -0.351 e. The van der Waals surface area contributed by atoms with Crippen molar-refractivity contribution < 1.29 is 4.79 Å². The molecule has 3 heteroatoms. The van der Waals surface area contributed by atoms with Crippen LogP contribution in [0.1, 0.15) is 43.1 Å². The highest BCUT2D eigenvalue weighted by atomic mass is 79.9. The van der Waals surface area contributed by atoms with Crippen molar-refractivity contribution in [3.63, 3.8) is 0 Å². The number of halogens is 1. The van der Waals surface area contributed by atoms with Gasteiger partial charge in [0.1, 0.15) is 0 Å². The number of hydrogen-bond acceptors (Lipinski definition) is 1. The largest absolute Gasteiger partial charge is 0.351 e. The number of aryl methyl sites for hydroxylation is 1. The Kier molecular flexibility index (Phi) is 4.75. The first-order valence-electron chi connectivity index (χ1n) is 5.90. The Hall–Kier alpha value is -0.830. The molecule has 1 N–H and O–H groups in total. The van der Waals surface area contributed by atoms with Gasteiger partial charge in [0.2, 0.25) is 0 Å². The maximum atomic E-state index is 12.0. The van der Waals surface area contributed by atoms with Gasteiger partial charge in [-0.15, -0.1) is 0 Å². The Morgan fingerprint density at radius 2 is 2.06 bits per heavy atom. The van der Waals surface area contributed by atoms with Crippen molar-refractivity contribution in [1.29, 1.82) is 0 Å². The summed E-state index contributed by atoms with van der Waals surface area (Å²) < 4.78 is 0.851. The second kappa shape index (κ2) is 5.67. The predicted molar refractivity (Wildman–Crippen MR) is 75.3 cm³/mol. The van der Waals surface area contributed by atoms with Crippen molar-refractivity contribution in [2.24, 2.45) is 5.41 Å². The summed E-state index contributed by atoms with van der Waals surface area (Å²) in [5, 5.41) is 2.98. The minimum absolute atomic E-state index is 0.0154. The van der Waals surface area contributed by atoms with Gasteiger partial charge < -0.3 is 5.32 Å². The van der Waals surface area contributed by atoms with Gasteiger partial charge in [-0.3, -0.25) is 4.79 Å². The summed E-state index contributed by atoms with van der Waals surface area (Å²) in [5.74, 6) is -0.0154. The van der Waals surface area contributed by atoms with E-state index in [0.29, 0.717) is 12.1 Å². The molecule has 0 aliphatic rings. The smallest absolute Gasteiger partial charge is 0.252 e. The normalized spacial score (nSPS) is 11.4. The van der Waals surface area contributed by atoms with Gasteiger partial charge in [-0.2, -0.15) is 0 Å². The lowest BCUT2D eigenvalue weighted by Crippen LogP contribution is -2.33. The van der Waals surface area contributed by atoms with Crippen molar-refractivity contribution >= 4 is 21.8 Å². The molecule has 1 aromatic carbocycles. The fourth-order valence-corrected chi connectivity index (χ4v) is 2.02. The fraction of sp³-hybridized carbons (Fsp3) is 0.500. The molecule has 1 aromatic rings. The molecule has 0 aromatic heterocycles. The first-order valence-corrected chi connectivity index (χ1v) is 6.69. The highest BCUT2D eigenvalue weighted by Crippen LogP contribution is 2.20. The van der Waals surface area contributed by atoms with Gasteiger partial charge in [-0.1, -0.05) is 26.8 Å². The van der Waals surface area contributed by atoms with E-state index in [1.807, 2.05) is 25.1 Å². The van der Waals surface area contributed by atoms with Crippen molar-refractivity contribution in [3.05, 3.63) is 33.8 Å². The lowest BCUT2D eigenvalue weighted by molar-refractivity contribution is 0.0935. The molecule has 0 bridgehead atoms. The average Bonchev–Trinajstić information content (AvgIpc) is 2.26. The third-order valence-electron chi connectivity index (χ3n) is 3.05. The second-order valence-electron chi connectivity index (χ2n) is 5.18. The number of hydrogen-bond donors (Lipinski definition) is 1. The number of amides is 1. The summed E-state index contributed by atoms with van der Waals surface area (Å²) in [5.41, 5.74) is 1.98. The number of carbonyl (C=O) groups is 1. The molecule has 0 atom stereocenters. The average molecular weight is 298 g/mol. The SMILES string of the molecule is CCC(C)(C)CNC(=O)c1ccc(C)cc1Br. The topological polar surface area (TPSA) is 29.1 Å². The highest BCUT2D eigenvalue weighted by molar-refractivity contribution is 9.10. The van der Waals surface area contributed by atoms with E-state index in [1.165, 1.54) is 0 Å². The molecule has 17 heavy (non-hydrogen) atoms. The van der Waals surface area contributed by atoms with Crippen LogP contribution in [0.2, 0.25) is 0 Å². The van der Waals surface area contributed by atoms with Crippen LogP contribution in [-0.2, 0) is 0 Å². The second-order valence-corrected chi connectivity index (χ2v) is 6.04. The summed E-state index contributed by atoms with van der Waals surface area (Å²) in [4.78, 5) is 12.0. The van der Waals surface area contributed by atoms with Crippen LogP contribution < -0.4 is 5.32 Å². The zero-order valence-corrected chi connectivity index (χ0v) is 12.5. The number of nitrogens with one attached hydrogen (secondary N) is 1. The van der Waals surface area contributed by atoms with E-state index >= 15 is 0 Å². The molecule has 0 heterocycles. The fourth-order valence-electron chi connectivity index (χ4n) is 1.34. The van der Waals surface area contributed by atoms with E-state index in [1.54, 1.807) is 0 Å². The maximum Gasteiger partial charge on any atom is 0.252 e. The van der Waals surface area contributed by atoms with Crippen LogP contribution in [0.15, 0.2) is 22.7 Å². The molecule has 0 saturated heterocycles. The van der Waals surface area contributed by atoms with Gasteiger partial charge in [0.15, 0.2) is 0 Å². The first-order chi connectivity index (χ1) is 7.85. The van der Waals surface area contributed by atoms with Gasteiger partial charge in [-0.05, 0) is 52.4 Å². The van der Waals surface area contributed by atoms with Crippen LogP contribution in [-0.4, -0.2) is 12.5 Å². The molecule has 2 nitrogen and oxygen atoms in total. The van der Waals surface area contributed by atoms with Gasteiger partial charge >= 0.3 is 0 Å². The van der Waals surface area contributed by atoms with Crippen molar-refractivity contribution in [1.82, 2.24) is 5.32 Å². The highest BCUT2D eigenvalue weighted by Gasteiger charge is 2.17. The van der Waals surface area contributed by atoms with Crippen LogP contribution in [0.5, 0.6) is 0 Å². The van der Waals surface area contributed by atoms with Gasteiger partial charge in [-0.25, -0.2) is 0 Å². The van der Waals surface area contributed by atoms with Crippen LogP contribution in [0.25, 0.3) is 0 Å². The van der Waals surface area contributed by atoms with E-state index in [-0.39, 0.29) is 11.3 Å². The van der Waals surface area contributed by atoms with Crippen molar-refractivity contribution in [2.45, 2.75) is 34.1 Å². The van der Waals surface area contributed by atoms with E-state index in [2.05, 4.69) is 42.0 Å². The Morgan fingerprint density at radius 1 is 1.41 bits per heavy atom. The summed E-state index contributed by atoms with van der Waals surface area (Å²) in [6.45, 7) is 9.14. The van der Waals surface area contributed by atoms with Crippen LogP contribution >= 0.6 is 15.9 Å². The molecule has 1 amide bonds. The molecule has 94 valence electrons. The summed E-state index contributed by atoms with van der Waals surface area (Å²) in [7, 11) is 0. The number of carbonyl (C=O) groups excluding carboxylic acids is 1. The van der Waals surface area contributed by atoms with Gasteiger partial charge in [0, 0.05) is 11.0 Å². The standard InChI is InChI=1S/C14H20BrNO/c1-5-14(3,4)9-16-13(17)11-7-6-10(2)8-12(11)15/h6-8H,5,9H2,1-4H3,(H,16,17). The van der Waals surface area contributed by atoms with Crippen molar-refractivity contribution in [3.8, 4) is 0 Å². The van der Waals surface area contributed by atoms with E-state index in [9.17, 15) is 4.79 Å². The molecule has 0 aliphatic heterocycles. The zero-order chi connectivity index (χ0) is 13.1. The number of rotatable bonds is 4. The molecule has 0 aliphatic carbocycles. The predicted octanol–water partition coefficient (Wildman–Crippen LogP) is 3.92. The van der Waals surface area contributed by atoms with E-state index in [0.717, 1.165) is 16.5 Å². The Labute approximate surface area is 112 Å². The van der Waals surface area contributed by atoms with E-state index < -0.39 is 0 Å². The van der Waals surface area contributed by atoms with Gasteiger partial charge in [0.25, 0.3) is 5.91 Å². The van der Waals surface area contributed by atoms with E-state index in [4.69, 9.17) is 0 Å². The monoisotopic (exact) mass is 297 g/mol. The molecule has 0 saturated carbocycles. The molecule has 0 spiro atoms. The van der Waals surface area contributed by atoms with Crippen LogP contribution in [0.4, 0.5) is 0 Å². The zero-order valence-electron chi connectivity index (χ0n) is 10.9. The lowest BCUT2D eigenvalue weighted by atomic mass is 9.90. The molecule has 0 radical (unpaired) electrons. The van der Waals surface area contributed by atoms with Crippen LogP contribution in [0.3, 0.4) is 0 Å².